The van der Waals surface area contributed by atoms with E-state index in [1.807, 2.05) is 0 Å². The van der Waals surface area contributed by atoms with Gasteiger partial charge in [-0.05, 0) is 148 Å². The summed E-state index contributed by atoms with van der Waals surface area (Å²) in [5.41, 5.74) is 0. The number of carbonyl (C=O) groups is 4. The molecule has 0 amide bonds. The molecule has 0 fully saturated rings. The first-order chi connectivity index (χ1) is 46.7. The van der Waals surface area contributed by atoms with Crippen molar-refractivity contribution >= 4 is 39.5 Å². The summed E-state index contributed by atoms with van der Waals surface area (Å²) in [6, 6.07) is 0. The fourth-order valence-electron chi connectivity index (χ4n) is 9.51. The third-order valence-corrected chi connectivity index (χ3v) is 17.1. The van der Waals surface area contributed by atoms with Crippen LogP contribution in [-0.2, 0) is 65.4 Å². The zero-order valence-corrected chi connectivity index (χ0v) is 61.8. The highest BCUT2D eigenvalue weighted by Crippen LogP contribution is 2.45. The van der Waals surface area contributed by atoms with E-state index in [1.54, 1.807) is 0 Å². The molecule has 0 saturated carbocycles. The van der Waals surface area contributed by atoms with Crippen molar-refractivity contribution in [2.45, 2.75) is 316 Å². The topological polar surface area (TPSA) is 237 Å². The van der Waals surface area contributed by atoms with Gasteiger partial charge in [-0.15, -0.1) is 0 Å². The van der Waals surface area contributed by atoms with Crippen molar-refractivity contribution in [3.05, 3.63) is 109 Å². The smallest absolute Gasteiger partial charge is 0.462 e. The second-order valence-corrected chi connectivity index (χ2v) is 27.4. The lowest BCUT2D eigenvalue weighted by Crippen LogP contribution is -2.30. The standard InChI is InChI=1S/C77H132O17P2/c1-5-9-13-17-21-25-29-33-35-39-41-45-49-53-57-61-74(79)87-67-72(93-76(81)63-59-55-51-47-43-37-31-27-23-19-15-11-7-3)69-91-95(83,84)89-65-71(78)66-90-96(85,86)92-70-73(94-77(82)64-60-56-52-48-44-38-32-28-24-20-16-12-8-4)68-88-75(80)62-58-54-50-46-42-40-36-34-30-26-22-18-14-10-6-2/h9,13,15,19,21-22,25-28,31-36,41,45,71-73,78H,5-8,10-12,14,16-18,20,23-24,29-30,37-40,42-44,46-70H2,1-4H3,(H,83,84)(H,85,86)/b13-9-,19-15-,25-21-,26-22-,31-27-,32-28-,35-33-,36-34-,45-41-. The van der Waals surface area contributed by atoms with Crippen molar-refractivity contribution in [3.63, 3.8) is 0 Å². The molecule has 5 unspecified atom stereocenters. The van der Waals surface area contributed by atoms with Crippen LogP contribution in [0.4, 0.5) is 0 Å². The first kappa shape index (κ1) is 91.7. The minimum absolute atomic E-state index is 0.0677. The maximum atomic E-state index is 13.1. The molecular weight excluding hydrogens is 1260 g/mol. The monoisotopic (exact) mass is 1390 g/mol. The molecule has 19 heteroatoms. The Morgan fingerprint density at radius 2 is 0.562 bits per heavy atom. The van der Waals surface area contributed by atoms with E-state index in [4.69, 9.17) is 37.0 Å². The largest absolute Gasteiger partial charge is 0.472 e. The summed E-state index contributed by atoms with van der Waals surface area (Å²) in [5.74, 6) is -2.26. The molecule has 0 aliphatic heterocycles. The van der Waals surface area contributed by atoms with Crippen molar-refractivity contribution in [2.24, 2.45) is 0 Å². The van der Waals surface area contributed by atoms with Gasteiger partial charge in [-0.3, -0.25) is 37.3 Å². The number of aliphatic hydroxyl groups is 1. The summed E-state index contributed by atoms with van der Waals surface area (Å²) in [4.78, 5) is 72.7. The van der Waals surface area contributed by atoms with E-state index in [0.29, 0.717) is 25.7 Å². The van der Waals surface area contributed by atoms with Crippen molar-refractivity contribution in [1.82, 2.24) is 0 Å². The molecule has 0 aliphatic rings. The Kier molecular flexibility index (Phi) is 66.1. The Bertz CT molecular complexity index is 2250. The molecule has 0 spiro atoms. The van der Waals surface area contributed by atoms with Crippen molar-refractivity contribution in [2.75, 3.05) is 39.6 Å². The van der Waals surface area contributed by atoms with Crippen molar-refractivity contribution in [3.8, 4) is 0 Å². The predicted molar refractivity (Wildman–Crippen MR) is 390 cm³/mol. The van der Waals surface area contributed by atoms with Crippen LogP contribution in [0.2, 0.25) is 0 Å². The van der Waals surface area contributed by atoms with E-state index < -0.39 is 97.5 Å². The Labute approximate surface area is 581 Å². The number of phosphoric ester groups is 2. The normalized spacial score (nSPS) is 14.6. The molecule has 0 radical (unpaired) electrons. The molecule has 0 saturated heterocycles. The van der Waals surface area contributed by atoms with E-state index in [0.717, 1.165) is 173 Å². The van der Waals surface area contributed by atoms with Gasteiger partial charge in [0, 0.05) is 25.7 Å². The lowest BCUT2D eigenvalue weighted by atomic mass is 10.1. The number of rotatable bonds is 69. The number of phosphoric acid groups is 2. The van der Waals surface area contributed by atoms with Gasteiger partial charge in [0.2, 0.25) is 0 Å². The van der Waals surface area contributed by atoms with Gasteiger partial charge in [0.1, 0.15) is 19.3 Å². The average Bonchev–Trinajstić information content (AvgIpc) is 1.14. The molecule has 3 N–H and O–H groups in total. The first-order valence-electron chi connectivity index (χ1n) is 37.1. The number of carbonyl (C=O) groups excluding carboxylic acids is 4. The Morgan fingerprint density at radius 1 is 0.302 bits per heavy atom. The molecule has 0 heterocycles. The highest BCUT2D eigenvalue weighted by Gasteiger charge is 2.30. The highest BCUT2D eigenvalue weighted by atomic mass is 31.2. The lowest BCUT2D eigenvalue weighted by molar-refractivity contribution is -0.161. The second kappa shape index (κ2) is 69.2. The summed E-state index contributed by atoms with van der Waals surface area (Å²) in [6.07, 6.45) is 72.3. The molecule has 0 aromatic carbocycles. The van der Waals surface area contributed by atoms with Crippen LogP contribution in [0.1, 0.15) is 297 Å². The second-order valence-electron chi connectivity index (χ2n) is 24.5. The van der Waals surface area contributed by atoms with Crippen molar-refractivity contribution in [1.29, 1.82) is 0 Å². The van der Waals surface area contributed by atoms with Gasteiger partial charge in [0.25, 0.3) is 0 Å². The minimum atomic E-state index is -4.99. The zero-order chi connectivity index (χ0) is 70.4. The molecule has 0 aromatic rings. The van der Waals surface area contributed by atoms with Gasteiger partial charge in [0.05, 0.1) is 26.4 Å². The summed E-state index contributed by atoms with van der Waals surface area (Å²) in [5, 5.41) is 10.6. The molecule has 0 aromatic heterocycles. The first-order valence-corrected chi connectivity index (χ1v) is 40.1. The van der Waals surface area contributed by atoms with E-state index >= 15 is 0 Å². The van der Waals surface area contributed by atoms with Crippen LogP contribution in [0, 0.1) is 0 Å². The molecule has 0 rings (SSSR count). The zero-order valence-electron chi connectivity index (χ0n) is 60.0. The molecule has 96 heavy (non-hydrogen) atoms. The third-order valence-electron chi connectivity index (χ3n) is 15.2. The number of aliphatic hydroxyl groups excluding tert-OH is 1. The summed E-state index contributed by atoms with van der Waals surface area (Å²) < 4.78 is 68.3. The van der Waals surface area contributed by atoms with Gasteiger partial charge in [-0.1, -0.05) is 233 Å². The van der Waals surface area contributed by atoms with Gasteiger partial charge in [0.15, 0.2) is 12.2 Å². The molecule has 0 aliphatic carbocycles. The van der Waals surface area contributed by atoms with Crippen molar-refractivity contribution < 1.29 is 80.2 Å². The van der Waals surface area contributed by atoms with E-state index in [-0.39, 0.29) is 25.7 Å². The fraction of sp³-hybridized carbons (Fsp3) is 0.714. The number of unbranched alkanes of at least 4 members (excludes halogenated alkanes) is 25. The lowest BCUT2D eigenvalue weighted by Gasteiger charge is -2.21. The quantitative estimate of drug-likeness (QED) is 0.0169. The third kappa shape index (κ3) is 68.3. The predicted octanol–water partition coefficient (Wildman–Crippen LogP) is 21.0. The Morgan fingerprint density at radius 3 is 0.927 bits per heavy atom. The van der Waals surface area contributed by atoms with Gasteiger partial charge in [-0.2, -0.15) is 0 Å². The number of esters is 4. The van der Waals surface area contributed by atoms with Gasteiger partial charge >= 0.3 is 39.5 Å². The molecule has 0 bridgehead atoms. The van der Waals surface area contributed by atoms with Crippen LogP contribution in [0.5, 0.6) is 0 Å². The molecule has 5 atom stereocenters. The summed E-state index contributed by atoms with van der Waals surface area (Å²) >= 11 is 0. The summed E-state index contributed by atoms with van der Waals surface area (Å²) in [6.45, 7) is 4.56. The molecule has 17 nitrogen and oxygen atoms in total. The van der Waals surface area contributed by atoms with Crippen LogP contribution < -0.4 is 0 Å². The molecule has 552 valence electrons. The average molecular weight is 1390 g/mol. The number of allylic oxidation sites excluding steroid dienone is 18. The molecular formula is C77H132O17P2. The maximum absolute atomic E-state index is 13.1. The number of ether oxygens (including phenoxy) is 4. The van der Waals surface area contributed by atoms with Crippen LogP contribution in [0.15, 0.2) is 109 Å². The fourth-order valence-corrected chi connectivity index (χ4v) is 11.1. The van der Waals surface area contributed by atoms with E-state index in [2.05, 4.69) is 137 Å². The maximum Gasteiger partial charge on any atom is 0.472 e. The van der Waals surface area contributed by atoms with Crippen LogP contribution >= 0.6 is 15.6 Å². The Balaban J connectivity index is 5.39. The number of hydrogen-bond acceptors (Lipinski definition) is 15. The van der Waals surface area contributed by atoms with Crippen LogP contribution in [0.25, 0.3) is 0 Å². The van der Waals surface area contributed by atoms with E-state index in [1.165, 1.54) is 44.9 Å². The van der Waals surface area contributed by atoms with Gasteiger partial charge < -0.3 is 33.8 Å². The van der Waals surface area contributed by atoms with Gasteiger partial charge in [-0.25, -0.2) is 9.13 Å². The summed E-state index contributed by atoms with van der Waals surface area (Å²) in [7, 11) is -9.96. The van der Waals surface area contributed by atoms with Crippen LogP contribution in [-0.4, -0.2) is 96.7 Å². The minimum Gasteiger partial charge on any atom is -0.462 e. The number of hydrogen-bond donors (Lipinski definition) is 3. The SMILES string of the molecule is CC/C=C\C/C=C\C/C=C\C/C=C\CCCCC(=O)OCC(COP(=O)(O)OCC(O)COP(=O)(O)OCC(COC(=O)CCCCCCC/C=C\C/C=C\CCCCC)OC(=O)CCCCCCC/C=C\CCCCCC)OC(=O)CCCCCCC/C=C\C/C=C\CCC. The van der Waals surface area contributed by atoms with Crippen LogP contribution in [0.3, 0.4) is 0 Å². The Hall–Kier alpha value is -4.28. The highest BCUT2D eigenvalue weighted by molar-refractivity contribution is 7.47. The van der Waals surface area contributed by atoms with E-state index in [9.17, 15) is 43.2 Å².